The number of aryl methyl sites for hydroxylation is 1. The highest BCUT2D eigenvalue weighted by atomic mass is 15.2. The van der Waals surface area contributed by atoms with Crippen LogP contribution in [0.1, 0.15) is 0 Å². The molecule has 1 fully saturated rings. The minimum atomic E-state index is 1.07. The van der Waals surface area contributed by atoms with E-state index in [0.29, 0.717) is 0 Å². The molecule has 0 unspecified atom stereocenters. The number of fused-ring (bicyclic) bond motifs is 1. The molecule has 16 heavy (non-hydrogen) atoms. The number of nitrogens with one attached hydrogen (secondary N) is 1. The Labute approximate surface area is 94.8 Å². The van der Waals surface area contributed by atoms with Crippen molar-refractivity contribution < 1.29 is 0 Å². The Morgan fingerprint density at radius 3 is 2.88 bits per heavy atom. The first-order valence-electron chi connectivity index (χ1n) is 5.72. The normalized spacial score (nSPS) is 16.9. The van der Waals surface area contributed by atoms with Crippen LogP contribution < -0.4 is 10.2 Å². The van der Waals surface area contributed by atoms with Crippen LogP contribution in [0.2, 0.25) is 0 Å². The number of nitrogens with zero attached hydrogens (tertiary/aromatic N) is 3. The van der Waals surface area contributed by atoms with Gasteiger partial charge in [0.25, 0.3) is 0 Å². The molecule has 0 amide bonds. The van der Waals surface area contributed by atoms with Crippen molar-refractivity contribution in [2.75, 3.05) is 31.1 Å². The third-order valence-electron chi connectivity index (χ3n) is 3.09. The van der Waals surface area contributed by atoms with Gasteiger partial charge in [-0.1, -0.05) is 0 Å². The molecule has 1 aliphatic rings. The van der Waals surface area contributed by atoms with E-state index in [4.69, 9.17) is 0 Å². The Balaban J connectivity index is 1.97. The van der Waals surface area contributed by atoms with Gasteiger partial charge in [-0.15, -0.1) is 0 Å². The first kappa shape index (κ1) is 9.66. The van der Waals surface area contributed by atoms with Crippen molar-refractivity contribution in [2.24, 2.45) is 7.05 Å². The zero-order valence-electron chi connectivity index (χ0n) is 9.48. The molecular weight excluding hydrogens is 200 g/mol. The standard InChI is InChI=1S/C12H16N4/c1-15-9-10-2-3-11(8-12(10)14-15)16-6-4-13-5-7-16/h2-3,8-9,13H,4-7H2,1H3. The van der Waals surface area contributed by atoms with Crippen LogP contribution in [0.25, 0.3) is 10.9 Å². The van der Waals surface area contributed by atoms with Gasteiger partial charge in [0.1, 0.15) is 0 Å². The maximum absolute atomic E-state index is 4.44. The van der Waals surface area contributed by atoms with Crippen molar-refractivity contribution in [1.29, 1.82) is 0 Å². The molecule has 0 bridgehead atoms. The van der Waals surface area contributed by atoms with Gasteiger partial charge in [-0.05, 0) is 18.2 Å². The maximum Gasteiger partial charge on any atom is 0.0943 e. The first-order chi connectivity index (χ1) is 7.83. The van der Waals surface area contributed by atoms with Crippen LogP contribution in [0.5, 0.6) is 0 Å². The van der Waals surface area contributed by atoms with E-state index in [-0.39, 0.29) is 0 Å². The van der Waals surface area contributed by atoms with Crippen molar-refractivity contribution in [1.82, 2.24) is 15.1 Å². The van der Waals surface area contributed by atoms with Gasteiger partial charge in [0.05, 0.1) is 5.52 Å². The highest BCUT2D eigenvalue weighted by Crippen LogP contribution is 2.21. The van der Waals surface area contributed by atoms with E-state index >= 15 is 0 Å². The van der Waals surface area contributed by atoms with E-state index in [9.17, 15) is 0 Å². The molecule has 1 aromatic carbocycles. The average Bonchev–Trinajstić information content (AvgIpc) is 2.69. The number of benzene rings is 1. The summed E-state index contributed by atoms with van der Waals surface area (Å²) < 4.78 is 1.87. The summed E-state index contributed by atoms with van der Waals surface area (Å²) in [6.07, 6.45) is 2.05. The van der Waals surface area contributed by atoms with Crippen LogP contribution in [-0.4, -0.2) is 36.0 Å². The number of hydrogen-bond donors (Lipinski definition) is 1. The lowest BCUT2D eigenvalue weighted by atomic mass is 10.2. The second-order valence-corrected chi connectivity index (χ2v) is 4.28. The van der Waals surface area contributed by atoms with Gasteiger partial charge in [0.2, 0.25) is 0 Å². The van der Waals surface area contributed by atoms with Gasteiger partial charge >= 0.3 is 0 Å². The van der Waals surface area contributed by atoms with Gasteiger partial charge in [-0.25, -0.2) is 0 Å². The molecule has 4 nitrogen and oxygen atoms in total. The minimum Gasteiger partial charge on any atom is -0.369 e. The Morgan fingerprint density at radius 2 is 2.06 bits per heavy atom. The predicted octanol–water partition coefficient (Wildman–Crippen LogP) is 0.983. The molecule has 0 radical (unpaired) electrons. The summed E-state index contributed by atoms with van der Waals surface area (Å²) in [5.74, 6) is 0. The Kier molecular flexibility index (Phi) is 2.29. The third-order valence-corrected chi connectivity index (χ3v) is 3.09. The highest BCUT2D eigenvalue weighted by molar-refractivity contribution is 5.82. The second-order valence-electron chi connectivity index (χ2n) is 4.28. The van der Waals surface area contributed by atoms with E-state index in [1.807, 2.05) is 11.7 Å². The summed E-state index contributed by atoms with van der Waals surface area (Å²) in [6.45, 7) is 4.30. The zero-order valence-corrected chi connectivity index (χ0v) is 9.48. The van der Waals surface area contributed by atoms with E-state index in [2.05, 4.69) is 39.7 Å². The van der Waals surface area contributed by atoms with Crippen LogP contribution in [0.4, 0.5) is 5.69 Å². The lowest BCUT2D eigenvalue weighted by Gasteiger charge is -2.29. The number of piperazine rings is 1. The molecule has 2 aromatic rings. The summed E-state index contributed by atoms with van der Waals surface area (Å²) in [4.78, 5) is 2.41. The average molecular weight is 216 g/mol. The summed E-state index contributed by atoms with van der Waals surface area (Å²) >= 11 is 0. The van der Waals surface area contributed by atoms with Crippen LogP contribution in [0, 0.1) is 0 Å². The van der Waals surface area contributed by atoms with Gasteiger partial charge in [-0.3, -0.25) is 4.68 Å². The van der Waals surface area contributed by atoms with Crippen molar-refractivity contribution in [2.45, 2.75) is 0 Å². The predicted molar refractivity (Wildman–Crippen MR) is 65.8 cm³/mol. The Hall–Kier alpha value is -1.55. The summed E-state index contributed by atoms with van der Waals surface area (Å²) in [7, 11) is 1.96. The van der Waals surface area contributed by atoms with Crippen molar-refractivity contribution in [3.05, 3.63) is 24.4 Å². The molecule has 1 saturated heterocycles. The lowest BCUT2D eigenvalue weighted by Crippen LogP contribution is -2.43. The van der Waals surface area contributed by atoms with Crippen molar-refractivity contribution in [3.8, 4) is 0 Å². The fourth-order valence-electron chi connectivity index (χ4n) is 2.25. The van der Waals surface area contributed by atoms with E-state index in [1.165, 1.54) is 11.1 Å². The SMILES string of the molecule is Cn1cc2ccc(N3CCNCC3)cc2n1. The molecular formula is C12H16N4. The summed E-state index contributed by atoms with van der Waals surface area (Å²) in [6, 6.07) is 6.52. The monoisotopic (exact) mass is 216 g/mol. The molecule has 1 aliphatic heterocycles. The summed E-state index contributed by atoms with van der Waals surface area (Å²) in [5, 5.41) is 9.02. The molecule has 4 heteroatoms. The van der Waals surface area contributed by atoms with Gasteiger partial charge < -0.3 is 10.2 Å². The van der Waals surface area contributed by atoms with Crippen LogP contribution >= 0.6 is 0 Å². The summed E-state index contributed by atoms with van der Waals surface area (Å²) in [5.41, 5.74) is 2.37. The second kappa shape index (κ2) is 3.79. The quantitative estimate of drug-likeness (QED) is 0.771. The lowest BCUT2D eigenvalue weighted by molar-refractivity contribution is 0.589. The fourth-order valence-corrected chi connectivity index (χ4v) is 2.25. The van der Waals surface area contributed by atoms with Crippen molar-refractivity contribution in [3.63, 3.8) is 0 Å². The fraction of sp³-hybridized carbons (Fsp3) is 0.417. The molecule has 1 N–H and O–H groups in total. The van der Waals surface area contributed by atoms with Crippen LogP contribution in [-0.2, 0) is 7.05 Å². The van der Waals surface area contributed by atoms with Gasteiger partial charge in [0, 0.05) is 50.5 Å². The minimum absolute atomic E-state index is 1.07. The largest absolute Gasteiger partial charge is 0.369 e. The molecule has 84 valence electrons. The zero-order chi connectivity index (χ0) is 11.0. The highest BCUT2D eigenvalue weighted by Gasteiger charge is 2.11. The van der Waals surface area contributed by atoms with E-state index in [1.54, 1.807) is 0 Å². The van der Waals surface area contributed by atoms with Gasteiger partial charge in [0.15, 0.2) is 0 Å². The molecule has 2 heterocycles. The number of aromatic nitrogens is 2. The third kappa shape index (κ3) is 1.65. The Bertz CT molecular complexity index is 497. The van der Waals surface area contributed by atoms with E-state index in [0.717, 1.165) is 31.7 Å². The topological polar surface area (TPSA) is 33.1 Å². The molecule has 0 atom stereocenters. The molecule has 0 spiro atoms. The smallest absolute Gasteiger partial charge is 0.0943 e. The number of anilines is 1. The molecule has 3 rings (SSSR count). The number of rotatable bonds is 1. The van der Waals surface area contributed by atoms with E-state index < -0.39 is 0 Å². The molecule has 0 aliphatic carbocycles. The number of hydrogen-bond acceptors (Lipinski definition) is 3. The van der Waals surface area contributed by atoms with Crippen LogP contribution in [0.3, 0.4) is 0 Å². The first-order valence-corrected chi connectivity index (χ1v) is 5.72. The molecule has 1 aromatic heterocycles. The molecule has 0 saturated carbocycles. The van der Waals surface area contributed by atoms with Crippen LogP contribution in [0.15, 0.2) is 24.4 Å². The van der Waals surface area contributed by atoms with Crippen molar-refractivity contribution >= 4 is 16.6 Å². The maximum atomic E-state index is 4.44. The van der Waals surface area contributed by atoms with Gasteiger partial charge in [-0.2, -0.15) is 5.10 Å². The Morgan fingerprint density at radius 1 is 1.25 bits per heavy atom.